The summed E-state index contributed by atoms with van der Waals surface area (Å²) in [6, 6.07) is 3.57. The van der Waals surface area contributed by atoms with Crippen LogP contribution in [0.15, 0.2) is 18.2 Å². The molecule has 0 aliphatic rings. The van der Waals surface area contributed by atoms with Gasteiger partial charge in [0.2, 0.25) is 0 Å². The van der Waals surface area contributed by atoms with Gasteiger partial charge >= 0.3 is 0 Å². The van der Waals surface area contributed by atoms with E-state index in [4.69, 9.17) is 4.74 Å². The van der Waals surface area contributed by atoms with Gasteiger partial charge < -0.3 is 4.74 Å². The van der Waals surface area contributed by atoms with Crippen molar-refractivity contribution in [3.63, 3.8) is 0 Å². The standard InChI is InChI=1S/C12H15NO6S/c1-2-6-20(17,18)7-5-19-12-4-3-11(13(15)16)8-10(12)9-14/h3-4,8-9H,2,5-7H2,1H3. The number of non-ortho nitro benzene ring substituents is 1. The van der Waals surface area contributed by atoms with E-state index in [1.807, 2.05) is 0 Å². The van der Waals surface area contributed by atoms with Crippen molar-refractivity contribution < 1.29 is 22.9 Å². The van der Waals surface area contributed by atoms with Crippen LogP contribution < -0.4 is 4.74 Å². The van der Waals surface area contributed by atoms with Crippen LogP contribution in [0, 0.1) is 10.1 Å². The van der Waals surface area contributed by atoms with Crippen molar-refractivity contribution in [3.8, 4) is 5.75 Å². The summed E-state index contributed by atoms with van der Waals surface area (Å²) in [4.78, 5) is 20.8. The van der Waals surface area contributed by atoms with Gasteiger partial charge in [-0.05, 0) is 12.5 Å². The van der Waals surface area contributed by atoms with E-state index in [1.54, 1.807) is 6.92 Å². The van der Waals surface area contributed by atoms with Crippen LogP contribution in [0.2, 0.25) is 0 Å². The summed E-state index contributed by atoms with van der Waals surface area (Å²) in [5, 5.41) is 10.6. The van der Waals surface area contributed by atoms with Crippen molar-refractivity contribution >= 4 is 21.8 Å². The molecular formula is C12H15NO6S. The minimum Gasteiger partial charge on any atom is -0.492 e. The minimum absolute atomic E-state index is 0.0205. The molecule has 0 heterocycles. The zero-order valence-electron chi connectivity index (χ0n) is 10.9. The van der Waals surface area contributed by atoms with E-state index in [0.29, 0.717) is 12.7 Å². The number of aldehydes is 1. The molecule has 20 heavy (non-hydrogen) atoms. The molecule has 8 heteroatoms. The molecule has 110 valence electrons. The molecular weight excluding hydrogens is 286 g/mol. The number of hydrogen-bond donors (Lipinski definition) is 0. The number of benzene rings is 1. The van der Waals surface area contributed by atoms with Crippen molar-refractivity contribution in [1.82, 2.24) is 0 Å². The molecule has 0 unspecified atom stereocenters. The van der Waals surface area contributed by atoms with Gasteiger partial charge in [0.25, 0.3) is 5.69 Å². The second kappa shape index (κ2) is 6.99. The van der Waals surface area contributed by atoms with Crippen LogP contribution in [0.1, 0.15) is 23.7 Å². The Balaban J connectivity index is 2.74. The quantitative estimate of drug-likeness (QED) is 0.410. The van der Waals surface area contributed by atoms with Crippen molar-refractivity contribution in [2.24, 2.45) is 0 Å². The second-order valence-corrected chi connectivity index (χ2v) is 6.40. The largest absolute Gasteiger partial charge is 0.492 e. The first-order chi connectivity index (χ1) is 9.39. The number of nitro benzene ring substituents is 1. The van der Waals surface area contributed by atoms with Gasteiger partial charge in [-0.15, -0.1) is 0 Å². The average molecular weight is 301 g/mol. The molecule has 0 aliphatic heterocycles. The first-order valence-electron chi connectivity index (χ1n) is 5.96. The van der Waals surface area contributed by atoms with Crippen molar-refractivity contribution in [2.45, 2.75) is 13.3 Å². The number of sulfone groups is 1. The van der Waals surface area contributed by atoms with E-state index in [-0.39, 0.29) is 35.1 Å². The predicted molar refractivity (Wildman–Crippen MR) is 72.9 cm³/mol. The third-order valence-electron chi connectivity index (χ3n) is 2.50. The highest BCUT2D eigenvalue weighted by Crippen LogP contribution is 2.22. The molecule has 0 spiro atoms. The van der Waals surface area contributed by atoms with Crippen LogP contribution in [0.4, 0.5) is 5.69 Å². The van der Waals surface area contributed by atoms with E-state index in [0.717, 1.165) is 6.07 Å². The molecule has 0 bridgehead atoms. The Labute approximate surface area is 116 Å². The maximum absolute atomic E-state index is 11.5. The Bertz CT molecular complexity index is 596. The Morgan fingerprint density at radius 3 is 2.60 bits per heavy atom. The average Bonchev–Trinajstić information content (AvgIpc) is 2.38. The van der Waals surface area contributed by atoms with E-state index < -0.39 is 14.8 Å². The van der Waals surface area contributed by atoms with Crippen molar-refractivity contribution in [1.29, 1.82) is 0 Å². The number of ether oxygens (including phenoxy) is 1. The topological polar surface area (TPSA) is 104 Å². The molecule has 0 radical (unpaired) electrons. The van der Waals surface area contributed by atoms with Crippen LogP contribution in [0.5, 0.6) is 5.75 Å². The number of carbonyl (C=O) groups excluding carboxylic acids is 1. The molecule has 0 saturated carbocycles. The molecule has 0 aliphatic carbocycles. The summed E-state index contributed by atoms with van der Waals surface area (Å²) in [5.74, 6) is 0.0603. The number of nitro groups is 1. The van der Waals surface area contributed by atoms with Crippen molar-refractivity contribution in [3.05, 3.63) is 33.9 Å². The summed E-state index contributed by atoms with van der Waals surface area (Å²) in [6.07, 6.45) is 0.961. The highest BCUT2D eigenvalue weighted by molar-refractivity contribution is 7.91. The lowest BCUT2D eigenvalue weighted by Gasteiger charge is -2.08. The minimum atomic E-state index is -3.16. The van der Waals surface area contributed by atoms with Gasteiger partial charge in [-0.25, -0.2) is 8.42 Å². The Morgan fingerprint density at radius 1 is 1.35 bits per heavy atom. The van der Waals surface area contributed by atoms with Crippen LogP contribution in [-0.4, -0.2) is 37.7 Å². The Morgan fingerprint density at radius 2 is 2.05 bits per heavy atom. The summed E-state index contributed by atoms with van der Waals surface area (Å²) in [5.41, 5.74) is -0.204. The van der Waals surface area contributed by atoms with Crippen LogP contribution in [0.3, 0.4) is 0 Å². The van der Waals surface area contributed by atoms with Crippen LogP contribution >= 0.6 is 0 Å². The first kappa shape index (κ1) is 16.1. The molecule has 0 aromatic heterocycles. The van der Waals surface area contributed by atoms with Gasteiger partial charge in [-0.1, -0.05) is 6.92 Å². The van der Waals surface area contributed by atoms with Gasteiger partial charge in [0, 0.05) is 12.1 Å². The maximum atomic E-state index is 11.5. The van der Waals surface area contributed by atoms with Crippen LogP contribution in [-0.2, 0) is 9.84 Å². The molecule has 0 saturated heterocycles. The van der Waals surface area contributed by atoms with E-state index in [1.165, 1.54) is 12.1 Å². The predicted octanol–water partition coefficient (Wildman–Crippen LogP) is 1.61. The van der Waals surface area contributed by atoms with E-state index in [2.05, 4.69) is 0 Å². The van der Waals surface area contributed by atoms with Gasteiger partial charge in [0.1, 0.15) is 12.4 Å². The van der Waals surface area contributed by atoms with E-state index >= 15 is 0 Å². The van der Waals surface area contributed by atoms with E-state index in [9.17, 15) is 23.3 Å². The third kappa shape index (κ3) is 4.61. The Kier molecular flexibility index (Phi) is 5.63. The maximum Gasteiger partial charge on any atom is 0.270 e. The number of hydrogen-bond acceptors (Lipinski definition) is 6. The number of carbonyl (C=O) groups is 1. The molecule has 0 fully saturated rings. The lowest BCUT2D eigenvalue weighted by molar-refractivity contribution is -0.384. The summed E-state index contributed by atoms with van der Waals surface area (Å²) >= 11 is 0. The van der Waals surface area contributed by atoms with Gasteiger partial charge in [0.15, 0.2) is 16.1 Å². The lowest BCUT2D eigenvalue weighted by Crippen LogP contribution is -2.17. The zero-order valence-corrected chi connectivity index (χ0v) is 11.8. The monoisotopic (exact) mass is 301 g/mol. The molecule has 0 amide bonds. The molecule has 0 atom stereocenters. The van der Waals surface area contributed by atoms with Gasteiger partial charge in [-0.3, -0.25) is 14.9 Å². The second-order valence-electron chi connectivity index (χ2n) is 4.10. The summed E-state index contributed by atoms with van der Waals surface area (Å²) in [7, 11) is -3.16. The first-order valence-corrected chi connectivity index (χ1v) is 7.78. The smallest absolute Gasteiger partial charge is 0.270 e. The SMILES string of the molecule is CCCS(=O)(=O)CCOc1ccc([N+](=O)[O-])cc1C=O. The highest BCUT2D eigenvalue weighted by atomic mass is 32.2. The summed E-state index contributed by atoms with van der Waals surface area (Å²) in [6.45, 7) is 1.67. The molecule has 1 aromatic carbocycles. The fourth-order valence-electron chi connectivity index (χ4n) is 1.56. The fraction of sp³-hybridized carbons (Fsp3) is 0.417. The molecule has 7 nitrogen and oxygen atoms in total. The molecule has 0 N–H and O–H groups in total. The highest BCUT2D eigenvalue weighted by Gasteiger charge is 2.13. The number of nitrogens with zero attached hydrogens (tertiary/aromatic N) is 1. The normalized spacial score (nSPS) is 11.1. The lowest BCUT2D eigenvalue weighted by atomic mass is 10.2. The fourth-order valence-corrected chi connectivity index (χ4v) is 2.73. The van der Waals surface area contributed by atoms with Crippen molar-refractivity contribution in [2.75, 3.05) is 18.1 Å². The van der Waals surface area contributed by atoms with Gasteiger partial charge in [0.05, 0.1) is 22.0 Å². The van der Waals surface area contributed by atoms with Crippen LogP contribution in [0.25, 0.3) is 0 Å². The van der Waals surface area contributed by atoms with Gasteiger partial charge in [-0.2, -0.15) is 0 Å². The molecule has 1 aromatic rings. The molecule has 1 rings (SSSR count). The Hall–Kier alpha value is -1.96. The summed E-state index contributed by atoms with van der Waals surface area (Å²) < 4.78 is 28.2. The zero-order chi connectivity index (χ0) is 15.2. The number of rotatable bonds is 8. The third-order valence-corrected chi connectivity index (χ3v) is 4.32.